The first kappa shape index (κ1) is 13.8. The molecule has 4 nitrogen and oxygen atoms in total. The van der Waals surface area contributed by atoms with Crippen molar-refractivity contribution in [3.63, 3.8) is 0 Å². The van der Waals surface area contributed by atoms with Crippen molar-refractivity contribution in [1.82, 2.24) is 10.3 Å². The second kappa shape index (κ2) is 4.92. The molecule has 0 radical (unpaired) electrons. The highest BCUT2D eigenvalue weighted by molar-refractivity contribution is 6.32. The molecule has 0 aliphatic rings. The number of nitrogen functional groups attached to an aromatic ring is 1. The van der Waals surface area contributed by atoms with Gasteiger partial charge in [0.1, 0.15) is 5.15 Å². The van der Waals surface area contributed by atoms with E-state index in [0.29, 0.717) is 11.3 Å². The molecule has 1 aromatic rings. The SMILES string of the molecule is CC(NC(=O)c1cc(N)cnc1Cl)C(C)(C)C. The standard InChI is InChI=1S/C12H18ClN3O/c1-7(12(2,3)4)16-11(17)9-5-8(14)6-15-10(9)13/h5-7H,14H2,1-4H3,(H,16,17). The maximum Gasteiger partial charge on any atom is 0.254 e. The van der Waals surface area contributed by atoms with Crippen molar-refractivity contribution in [2.24, 2.45) is 5.41 Å². The van der Waals surface area contributed by atoms with Crippen LogP contribution in [0.15, 0.2) is 12.3 Å². The lowest BCUT2D eigenvalue weighted by Gasteiger charge is -2.28. The van der Waals surface area contributed by atoms with Crippen molar-refractivity contribution in [1.29, 1.82) is 0 Å². The molecule has 1 heterocycles. The van der Waals surface area contributed by atoms with E-state index in [2.05, 4.69) is 31.1 Å². The third-order valence-corrected chi connectivity index (χ3v) is 3.05. The fraction of sp³-hybridized carbons (Fsp3) is 0.500. The van der Waals surface area contributed by atoms with Gasteiger partial charge >= 0.3 is 0 Å². The minimum Gasteiger partial charge on any atom is -0.397 e. The molecule has 0 bridgehead atoms. The number of nitrogens with zero attached hydrogens (tertiary/aromatic N) is 1. The summed E-state index contributed by atoms with van der Waals surface area (Å²) in [6, 6.07) is 1.55. The fourth-order valence-corrected chi connectivity index (χ4v) is 1.30. The third kappa shape index (κ3) is 3.60. The van der Waals surface area contributed by atoms with E-state index in [0.717, 1.165) is 0 Å². The van der Waals surface area contributed by atoms with Crippen molar-refractivity contribution in [3.05, 3.63) is 23.0 Å². The van der Waals surface area contributed by atoms with Gasteiger partial charge in [-0.2, -0.15) is 0 Å². The van der Waals surface area contributed by atoms with Gasteiger partial charge in [0.15, 0.2) is 0 Å². The molecule has 3 N–H and O–H groups in total. The number of amides is 1. The number of halogens is 1. The number of nitrogens with one attached hydrogen (secondary N) is 1. The summed E-state index contributed by atoms with van der Waals surface area (Å²) in [4.78, 5) is 15.8. The second-order valence-corrected chi connectivity index (χ2v) is 5.53. The van der Waals surface area contributed by atoms with Gasteiger partial charge in [-0.25, -0.2) is 4.98 Å². The normalized spacial score (nSPS) is 13.2. The molecule has 0 aliphatic carbocycles. The molecular formula is C12H18ClN3O. The van der Waals surface area contributed by atoms with Gasteiger partial charge in [-0.05, 0) is 18.4 Å². The minimum absolute atomic E-state index is 0.0180. The van der Waals surface area contributed by atoms with Gasteiger partial charge in [0.05, 0.1) is 17.4 Å². The van der Waals surface area contributed by atoms with Gasteiger partial charge in [-0.3, -0.25) is 4.79 Å². The summed E-state index contributed by atoms with van der Waals surface area (Å²) in [5.41, 5.74) is 6.29. The predicted octanol–water partition coefficient (Wildman–Crippen LogP) is 2.48. The van der Waals surface area contributed by atoms with Crippen LogP contribution in [0.4, 0.5) is 5.69 Å². The topological polar surface area (TPSA) is 68.0 Å². The molecule has 5 heteroatoms. The van der Waals surface area contributed by atoms with Crippen LogP contribution in [0.5, 0.6) is 0 Å². The van der Waals surface area contributed by atoms with Crippen LogP contribution in [0.1, 0.15) is 38.1 Å². The van der Waals surface area contributed by atoms with Gasteiger partial charge in [0.2, 0.25) is 0 Å². The molecular weight excluding hydrogens is 238 g/mol. The number of carbonyl (C=O) groups excluding carboxylic acids is 1. The van der Waals surface area contributed by atoms with E-state index in [1.54, 1.807) is 0 Å². The molecule has 1 aromatic heterocycles. The number of rotatable bonds is 2. The summed E-state index contributed by atoms with van der Waals surface area (Å²) in [6.07, 6.45) is 1.42. The molecule has 0 saturated carbocycles. The Balaban J connectivity index is 2.87. The molecule has 1 unspecified atom stereocenters. The first-order valence-electron chi connectivity index (χ1n) is 5.43. The van der Waals surface area contributed by atoms with Gasteiger partial charge in [-0.15, -0.1) is 0 Å². The highest BCUT2D eigenvalue weighted by atomic mass is 35.5. The molecule has 0 aromatic carbocycles. The highest BCUT2D eigenvalue weighted by Gasteiger charge is 2.23. The van der Waals surface area contributed by atoms with E-state index in [4.69, 9.17) is 17.3 Å². The lowest BCUT2D eigenvalue weighted by Crippen LogP contribution is -2.41. The summed E-state index contributed by atoms with van der Waals surface area (Å²) in [5, 5.41) is 3.05. The summed E-state index contributed by atoms with van der Waals surface area (Å²) in [7, 11) is 0. The van der Waals surface area contributed by atoms with Crippen LogP contribution in [0.3, 0.4) is 0 Å². The van der Waals surface area contributed by atoms with E-state index in [1.165, 1.54) is 12.3 Å². The van der Waals surface area contributed by atoms with Gasteiger partial charge < -0.3 is 11.1 Å². The Morgan fingerprint density at radius 2 is 2.12 bits per heavy atom. The number of anilines is 1. The molecule has 1 rings (SSSR count). The highest BCUT2D eigenvalue weighted by Crippen LogP contribution is 2.20. The smallest absolute Gasteiger partial charge is 0.254 e. The number of pyridine rings is 1. The molecule has 0 fully saturated rings. The number of carbonyl (C=O) groups is 1. The van der Waals surface area contributed by atoms with E-state index >= 15 is 0 Å². The Kier molecular flexibility index (Phi) is 3.98. The van der Waals surface area contributed by atoms with Crippen LogP contribution < -0.4 is 11.1 Å². The lowest BCUT2D eigenvalue weighted by molar-refractivity contribution is 0.0910. The van der Waals surface area contributed by atoms with Crippen molar-refractivity contribution >= 4 is 23.2 Å². The molecule has 1 amide bonds. The minimum atomic E-state index is -0.253. The summed E-state index contributed by atoms with van der Waals surface area (Å²) in [6.45, 7) is 8.11. The van der Waals surface area contributed by atoms with Crippen LogP contribution in [0.25, 0.3) is 0 Å². The Hall–Kier alpha value is -1.29. The number of nitrogens with two attached hydrogens (primary N) is 1. The summed E-state index contributed by atoms with van der Waals surface area (Å²) < 4.78 is 0. The van der Waals surface area contributed by atoms with Crippen LogP contribution in [-0.4, -0.2) is 16.9 Å². The number of hydrogen-bond acceptors (Lipinski definition) is 3. The average Bonchev–Trinajstić information content (AvgIpc) is 2.20. The first-order chi connectivity index (χ1) is 7.71. The zero-order valence-corrected chi connectivity index (χ0v) is 11.3. The molecule has 94 valence electrons. The maximum atomic E-state index is 12.0. The third-order valence-electron chi connectivity index (χ3n) is 2.75. The Bertz CT molecular complexity index is 426. The number of aromatic nitrogens is 1. The predicted molar refractivity (Wildman–Crippen MR) is 70.0 cm³/mol. The largest absolute Gasteiger partial charge is 0.397 e. The Morgan fingerprint density at radius 1 is 1.53 bits per heavy atom. The van der Waals surface area contributed by atoms with Crippen molar-refractivity contribution < 1.29 is 4.79 Å². The fourth-order valence-electron chi connectivity index (χ4n) is 1.11. The van der Waals surface area contributed by atoms with Gasteiger partial charge in [0.25, 0.3) is 5.91 Å². The molecule has 17 heavy (non-hydrogen) atoms. The summed E-state index contributed by atoms with van der Waals surface area (Å²) in [5.74, 6) is -0.253. The first-order valence-corrected chi connectivity index (χ1v) is 5.81. The molecule has 0 saturated heterocycles. The van der Waals surface area contributed by atoms with E-state index < -0.39 is 0 Å². The van der Waals surface area contributed by atoms with Gasteiger partial charge in [-0.1, -0.05) is 32.4 Å². The van der Waals surface area contributed by atoms with Crippen LogP contribution in [0.2, 0.25) is 5.15 Å². The molecule has 0 aliphatic heterocycles. The Labute approximate surface area is 107 Å². The van der Waals surface area contributed by atoms with Crippen molar-refractivity contribution in [2.45, 2.75) is 33.7 Å². The monoisotopic (exact) mass is 255 g/mol. The quantitative estimate of drug-likeness (QED) is 0.798. The van der Waals surface area contributed by atoms with Crippen molar-refractivity contribution in [3.8, 4) is 0 Å². The van der Waals surface area contributed by atoms with Crippen LogP contribution in [0, 0.1) is 5.41 Å². The van der Waals surface area contributed by atoms with Crippen LogP contribution >= 0.6 is 11.6 Å². The second-order valence-electron chi connectivity index (χ2n) is 5.17. The van der Waals surface area contributed by atoms with Crippen LogP contribution in [-0.2, 0) is 0 Å². The molecule has 0 spiro atoms. The average molecular weight is 256 g/mol. The summed E-state index contributed by atoms with van der Waals surface area (Å²) >= 11 is 5.86. The van der Waals surface area contributed by atoms with Crippen molar-refractivity contribution in [2.75, 3.05) is 5.73 Å². The zero-order valence-electron chi connectivity index (χ0n) is 10.5. The van der Waals surface area contributed by atoms with Gasteiger partial charge in [0, 0.05) is 6.04 Å². The van der Waals surface area contributed by atoms with E-state index in [1.807, 2.05) is 6.92 Å². The maximum absolute atomic E-state index is 12.0. The van der Waals surface area contributed by atoms with E-state index in [-0.39, 0.29) is 22.5 Å². The number of hydrogen-bond donors (Lipinski definition) is 2. The molecule has 1 atom stereocenters. The Morgan fingerprint density at radius 3 is 2.65 bits per heavy atom. The zero-order chi connectivity index (χ0) is 13.2. The lowest BCUT2D eigenvalue weighted by atomic mass is 9.88. The van der Waals surface area contributed by atoms with E-state index in [9.17, 15) is 4.79 Å².